The smallest absolute Gasteiger partial charge is 0.255 e. The van der Waals surface area contributed by atoms with E-state index in [1.165, 1.54) is 4.90 Å². The van der Waals surface area contributed by atoms with Crippen LogP contribution in [-0.2, 0) is 4.79 Å². The zero-order chi connectivity index (χ0) is 16.5. The third-order valence-electron chi connectivity index (χ3n) is 3.03. The molecule has 1 aromatic carbocycles. The maximum atomic E-state index is 12.1. The number of hydrogen-bond donors (Lipinski definition) is 1. The molecule has 2 amide bonds. The average molecular weight is 303 g/mol. The number of nitriles is 1. The number of nitrogens with one attached hydrogen (secondary N) is 1. The van der Waals surface area contributed by atoms with E-state index in [-0.39, 0.29) is 24.3 Å². The topological polar surface area (TPSA) is 82.4 Å². The number of benzene rings is 1. The number of para-hydroxylation sites is 1. The summed E-state index contributed by atoms with van der Waals surface area (Å²) in [5, 5.41) is 11.3. The van der Waals surface area contributed by atoms with Crippen molar-refractivity contribution in [3.8, 4) is 11.8 Å². The molecule has 0 aliphatic carbocycles. The minimum Gasteiger partial charge on any atom is -0.493 e. The summed E-state index contributed by atoms with van der Waals surface area (Å²) in [5.74, 6) is -0.367. The number of nitrogens with zero attached hydrogens (tertiary/aromatic N) is 2. The lowest BCUT2D eigenvalue weighted by molar-refractivity contribution is -0.129. The number of carbonyl (C=O) groups excluding carboxylic acids is 2. The zero-order valence-electron chi connectivity index (χ0n) is 13.1. The Bertz CT molecular complexity index is 566. The van der Waals surface area contributed by atoms with Gasteiger partial charge in [0.25, 0.3) is 5.91 Å². The van der Waals surface area contributed by atoms with Gasteiger partial charge in [0.15, 0.2) is 0 Å². The monoisotopic (exact) mass is 303 g/mol. The number of amides is 2. The molecule has 0 aliphatic heterocycles. The van der Waals surface area contributed by atoms with Crippen molar-refractivity contribution < 1.29 is 14.3 Å². The molecule has 0 saturated carbocycles. The molecule has 1 rings (SSSR count). The van der Waals surface area contributed by atoms with Gasteiger partial charge in [0.2, 0.25) is 5.91 Å². The molecular weight excluding hydrogens is 282 g/mol. The molecule has 0 heterocycles. The van der Waals surface area contributed by atoms with E-state index in [1.807, 2.05) is 6.92 Å². The van der Waals surface area contributed by atoms with Gasteiger partial charge in [-0.2, -0.15) is 5.26 Å². The Morgan fingerprint density at radius 3 is 2.73 bits per heavy atom. The molecule has 0 aromatic heterocycles. The molecule has 6 nitrogen and oxygen atoms in total. The molecule has 0 unspecified atom stereocenters. The minimum atomic E-state index is -0.362. The van der Waals surface area contributed by atoms with Crippen LogP contribution in [0.15, 0.2) is 24.3 Å². The van der Waals surface area contributed by atoms with Crippen molar-refractivity contribution in [1.29, 1.82) is 5.26 Å². The Balaban J connectivity index is 2.59. The number of hydrogen-bond acceptors (Lipinski definition) is 4. The predicted molar refractivity (Wildman–Crippen MR) is 82.4 cm³/mol. The third-order valence-corrected chi connectivity index (χ3v) is 3.03. The Kier molecular flexibility index (Phi) is 6.90. The standard InChI is InChI=1S/C16H21N3O3/c1-4-22-14-8-6-5-7-13(14)16(21)18-10-15(20)19(3)11-12(2)9-17/h5-8,12H,4,10-11H2,1-3H3,(H,18,21)/t12-/m1/s1. The second-order valence-corrected chi connectivity index (χ2v) is 4.92. The van der Waals surface area contributed by atoms with Crippen LogP contribution in [0.1, 0.15) is 24.2 Å². The fourth-order valence-electron chi connectivity index (χ4n) is 1.88. The van der Waals surface area contributed by atoms with Crippen LogP contribution in [0.2, 0.25) is 0 Å². The maximum Gasteiger partial charge on any atom is 0.255 e. The van der Waals surface area contributed by atoms with E-state index in [2.05, 4.69) is 11.4 Å². The number of carbonyl (C=O) groups is 2. The molecule has 22 heavy (non-hydrogen) atoms. The van der Waals surface area contributed by atoms with Gasteiger partial charge in [-0.25, -0.2) is 0 Å². The van der Waals surface area contributed by atoms with Gasteiger partial charge in [0.05, 0.1) is 30.7 Å². The molecular formula is C16H21N3O3. The van der Waals surface area contributed by atoms with Gasteiger partial charge in [-0.3, -0.25) is 9.59 Å². The van der Waals surface area contributed by atoms with E-state index < -0.39 is 0 Å². The molecule has 1 atom stereocenters. The van der Waals surface area contributed by atoms with Crippen LogP contribution < -0.4 is 10.1 Å². The summed E-state index contributed by atoms with van der Waals surface area (Å²) in [4.78, 5) is 25.5. The van der Waals surface area contributed by atoms with Gasteiger partial charge in [0.1, 0.15) is 5.75 Å². The lowest BCUT2D eigenvalue weighted by Crippen LogP contribution is -2.39. The van der Waals surface area contributed by atoms with Crippen molar-refractivity contribution in [3.05, 3.63) is 29.8 Å². The molecule has 0 fully saturated rings. The van der Waals surface area contributed by atoms with Crippen LogP contribution in [-0.4, -0.2) is 43.5 Å². The maximum absolute atomic E-state index is 12.1. The normalized spacial score (nSPS) is 11.2. The first kappa shape index (κ1) is 17.5. The largest absolute Gasteiger partial charge is 0.493 e. The van der Waals surface area contributed by atoms with Crippen LogP contribution in [0, 0.1) is 17.2 Å². The van der Waals surface area contributed by atoms with Crippen LogP contribution in [0.3, 0.4) is 0 Å². The summed E-state index contributed by atoms with van der Waals surface area (Å²) >= 11 is 0. The molecule has 118 valence electrons. The molecule has 1 aromatic rings. The minimum absolute atomic E-state index is 0.117. The molecule has 0 saturated heterocycles. The van der Waals surface area contributed by atoms with Crippen molar-refractivity contribution in [1.82, 2.24) is 10.2 Å². The number of rotatable bonds is 7. The Labute approximate surface area is 130 Å². The van der Waals surface area contributed by atoms with Crippen molar-refractivity contribution in [2.75, 3.05) is 26.7 Å². The van der Waals surface area contributed by atoms with Crippen LogP contribution in [0.25, 0.3) is 0 Å². The average Bonchev–Trinajstić information content (AvgIpc) is 2.52. The molecule has 0 spiro atoms. The predicted octanol–water partition coefficient (Wildman–Crippen LogP) is 1.43. The fourth-order valence-corrected chi connectivity index (χ4v) is 1.88. The quantitative estimate of drug-likeness (QED) is 0.826. The lowest BCUT2D eigenvalue weighted by Gasteiger charge is -2.18. The van der Waals surface area contributed by atoms with E-state index in [0.717, 1.165) is 0 Å². The van der Waals surface area contributed by atoms with Crippen LogP contribution >= 0.6 is 0 Å². The third kappa shape index (κ3) is 5.09. The molecule has 6 heteroatoms. The Morgan fingerprint density at radius 1 is 1.41 bits per heavy atom. The summed E-state index contributed by atoms with van der Waals surface area (Å²) in [7, 11) is 1.61. The highest BCUT2D eigenvalue weighted by atomic mass is 16.5. The van der Waals surface area contributed by atoms with E-state index in [4.69, 9.17) is 10.00 Å². The summed E-state index contributed by atoms with van der Waals surface area (Å²) in [6, 6.07) is 8.94. The SMILES string of the molecule is CCOc1ccccc1C(=O)NCC(=O)N(C)C[C@H](C)C#N. The first-order valence-corrected chi connectivity index (χ1v) is 7.13. The van der Waals surface area contributed by atoms with E-state index >= 15 is 0 Å². The zero-order valence-corrected chi connectivity index (χ0v) is 13.1. The van der Waals surface area contributed by atoms with Crippen molar-refractivity contribution in [2.45, 2.75) is 13.8 Å². The molecule has 0 radical (unpaired) electrons. The summed E-state index contributed by atoms with van der Waals surface area (Å²) in [5.41, 5.74) is 0.394. The second-order valence-electron chi connectivity index (χ2n) is 4.92. The van der Waals surface area contributed by atoms with Gasteiger partial charge in [0, 0.05) is 13.6 Å². The summed E-state index contributed by atoms with van der Waals surface area (Å²) < 4.78 is 5.39. The van der Waals surface area contributed by atoms with E-state index in [1.54, 1.807) is 38.2 Å². The van der Waals surface area contributed by atoms with Crippen molar-refractivity contribution in [3.63, 3.8) is 0 Å². The van der Waals surface area contributed by atoms with Gasteiger partial charge in [-0.1, -0.05) is 12.1 Å². The number of ether oxygens (including phenoxy) is 1. The summed E-state index contributed by atoms with van der Waals surface area (Å²) in [6.45, 7) is 4.25. The van der Waals surface area contributed by atoms with Gasteiger partial charge in [-0.15, -0.1) is 0 Å². The summed E-state index contributed by atoms with van der Waals surface area (Å²) in [6.07, 6.45) is 0. The van der Waals surface area contributed by atoms with Crippen molar-refractivity contribution in [2.24, 2.45) is 5.92 Å². The fraction of sp³-hybridized carbons (Fsp3) is 0.438. The van der Waals surface area contributed by atoms with Crippen molar-refractivity contribution >= 4 is 11.8 Å². The first-order valence-electron chi connectivity index (χ1n) is 7.13. The van der Waals surface area contributed by atoms with E-state index in [0.29, 0.717) is 24.5 Å². The highest BCUT2D eigenvalue weighted by molar-refractivity contribution is 5.98. The Morgan fingerprint density at radius 2 is 2.09 bits per heavy atom. The Hall–Kier alpha value is -2.55. The molecule has 0 aliphatic rings. The lowest BCUT2D eigenvalue weighted by atomic mass is 10.2. The van der Waals surface area contributed by atoms with E-state index in [9.17, 15) is 9.59 Å². The highest BCUT2D eigenvalue weighted by Gasteiger charge is 2.16. The van der Waals surface area contributed by atoms with Gasteiger partial charge >= 0.3 is 0 Å². The van der Waals surface area contributed by atoms with Crippen LogP contribution in [0.5, 0.6) is 5.75 Å². The second kappa shape index (κ2) is 8.67. The molecule has 0 bridgehead atoms. The van der Waals surface area contributed by atoms with Gasteiger partial charge < -0.3 is 15.0 Å². The van der Waals surface area contributed by atoms with Crippen LogP contribution in [0.4, 0.5) is 0 Å². The molecule has 1 N–H and O–H groups in total. The first-order chi connectivity index (χ1) is 10.5. The number of likely N-dealkylation sites (N-methyl/N-ethyl adjacent to an activating group) is 1. The van der Waals surface area contributed by atoms with Gasteiger partial charge in [-0.05, 0) is 26.0 Å². The highest BCUT2D eigenvalue weighted by Crippen LogP contribution is 2.17.